The summed E-state index contributed by atoms with van der Waals surface area (Å²) in [6, 6.07) is 0.308. The van der Waals surface area contributed by atoms with Crippen molar-refractivity contribution in [3.8, 4) is 0 Å². The first-order valence-electron chi connectivity index (χ1n) is 7.63. The van der Waals surface area contributed by atoms with Crippen LogP contribution in [0.25, 0.3) is 0 Å². The lowest BCUT2D eigenvalue weighted by molar-refractivity contribution is -0.156. The summed E-state index contributed by atoms with van der Waals surface area (Å²) in [5, 5.41) is 3.37. The predicted octanol–water partition coefficient (Wildman–Crippen LogP) is 3.01. The van der Waals surface area contributed by atoms with Gasteiger partial charge in [0.2, 0.25) is 0 Å². The van der Waals surface area contributed by atoms with Gasteiger partial charge in [0.05, 0.1) is 0 Å². The monoisotopic (exact) mass is 287 g/mol. The minimum Gasteiger partial charge on any atom is -0.460 e. The number of ether oxygens (including phenoxy) is 2. The molecule has 0 heterocycles. The molecule has 4 nitrogen and oxygen atoms in total. The van der Waals surface area contributed by atoms with Crippen molar-refractivity contribution in [3.05, 3.63) is 0 Å². The minimum atomic E-state index is -0.422. The molecule has 0 amide bonds. The van der Waals surface area contributed by atoms with Crippen LogP contribution in [0.2, 0.25) is 0 Å². The zero-order valence-corrected chi connectivity index (χ0v) is 14.3. The molecule has 0 aromatic carbocycles. The standard InChI is InChI=1S/C16H33NO3/c1-8-12(2)15(17-6)13(9-10-19-7)11-14(18)20-16(3,4)5/h12-13,15,17H,8-11H2,1-7H3/t12-,13+,15-/m0/s1. The van der Waals surface area contributed by atoms with Crippen molar-refractivity contribution in [1.82, 2.24) is 5.32 Å². The number of methoxy groups -OCH3 is 1. The smallest absolute Gasteiger partial charge is 0.306 e. The molecule has 0 aromatic heterocycles. The Bertz CT molecular complexity index is 273. The number of hydrogen-bond donors (Lipinski definition) is 1. The molecule has 0 spiro atoms. The maximum atomic E-state index is 12.1. The average Bonchev–Trinajstić information content (AvgIpc) is 2.33. The molecule has 120 valence electrons. The lowest BCUT2D eigenvalue weighted by Crippen LogP contribution is -2.41. The third-order valence-electron chi connectivity index (χ3n) is 3.64. The first kappa shape index (κ1) is 19.4. The Kier molecular flexibility index (Phi) is 9.06. The second kappa shape index (κ2) is 9.35. The molecule has 0 bridgehead atoms. The van der Waals surface area contributed by atoms with Crippen LogP contribution in [-0.2, 0) is 14.3 Å². The van der Waals surface area contributed by atoms with E-state index in [1.54, 1.807) is 7.11 Å². The van der Waals surface area contributed by atoms with E-state index in [1.807, 2.05) is 27.8 Å². The fraction of sp³-hybridized carbons (Fsp3) is 0.938. The van der Waals surface area contributed by atoms with E-state index < -0.39 is 5.60 Å². The Balaban J connectivity index is 4.73. The highest BCUT2D eigenvalue weighted by molar-refractivity contribution is 5.70. The van der Waals surface area contributed by atoms with Crippen LogP contribution < -0.4 is 5.32 Å². The van der Waals surface area contributed by atoms with Crippen LogP contribution >= 0.6 is 0 Å². The number of hydrogen-bond acceptors (Lipinski definition) is 4. The fourth-order valence-corrected chi connectivity index (χ4v) is 2.51. The maximum Gasteiger partial charge on any atom is 0.306 e. The third kappa shape index (κ3) is 7.85. The van der Waals surface area contributed by atoms with Gasteiger partial charge in [0.25, 0.3) is 0 Å². The van der Waals surface area contributed by atoms with Gasteiger partial charge in [0, 0.05) is 26.2 Å². The summed E-state index contributed by atoms with van der Waals surface area (Å²) in [5.41, 5.74) is -0.422. The first-order chi connectivity index (χ1) is 9.25. The van der Waals surface area contributed by atoms with E-state index >= 15 is 0 Å². The molecule has 0 saturated heterocycles. The van der Waals surface area contributed by atoms with Gasteiger partial charge >= 0.3 is 5.97 Å². The normalized spacial score (nSPS) is 16.6. The molecule has 20 heavy (non-hydrogen) atoms. The van der Waals surface area contributed by atoms with Gasteiger partial charge in [-0.15, -0.1) is 0 Å². The highest BCUT2D eigenvalue weighted by atomic mass is 16.6. The SMILES string of the molecule is CC[C@H](C)[C@H](NC)[C@H](CCOC)CC(=O)OC(C)(C)C. The molecule has 0 aliphatic heterocycles. The van der Waals surface area contributed by atoms with Crippen molar-refractivity contribution >= 4 is 5.97 Å². The molecule has 0 rings (SSSR count). The number of esters is 1. The summed E-state index contributed by atoms with van der Waals surface area (Å²) >= 11 is 0. The lowest BCUT2D eigenvalue weighted by atomic mass is 9.84. The molecule has 1 N–H and O–H groups in total. The van der Waals surface area contributed by atoms with Gasteiger partial charge in [-0.2, -0.15) is 0 Å². The summed E-state index contributed by atoms with van der Waals surface area (Å²) in [4.78, 5) is 12.1. The average molecular weight is 287 g/mol. The highest BCUT2D eigenvalue weighted by Gasteiger charge is 2.28. The van der Waals surface area contributed by atoms with Crippen LogP contribution in [0.5, 0.6) is 0 Å². The Morgan fingerprint density at radius 1 is 1.30 bits per heavy atom. The third-order valence-corrected chi connectivity index (χ3v) is 3.64. The minimum absolute atomic E-state index is 0.123. The zero-order chi connectivity index (χ0) is 15.8. The van der Waals surface area contributed by atoms with Crippen LogP contribution in [0, 0.1) is 11.8 Å². The highest BCUT2D eigenvalue weighted by Crippen LogP contribution is 2.24. The van der Waals surface area contributed by atoms with E-state index in [1.165, 1.54) is 0 Å². The molecule has 0 fully saturated rings. The fourth-order valence-electron chi connectivity index (χ4n) is 2.51. The molecule has 0 radical (unpaired) electrons. The Labute approximate surface area is 124 Å². The van der Waals surface area contributed by atoms with E-state index in [9.17, 15) is 4.79 Å². The Hall–Kier alpha value is -0.610. The molecule has 3 atom stereocenters. The zero-order valence-electron chi connectivity index (χ0n) is 14.3. The lowest BCUT2D eigenvalue weighted by Gasteiger charge is -2.31. The first-order valence-corrected chi connectivity index (χ1v) is 7.63. The van der Waals surface area contributed by atoms with E-state index in [4.69, 9.17) is 9.47 Å². The van der Waals surface area contributed by atoms with Crippen LogP contribution in [0.3, 0.4) is 0 Å². The van der Waals surface area contributed by atoms with Crippen molar-refractivity contribution in [2.45, 2.75) is 65.5 Å². The van der Waals surface area contributed by atoms with Gasteiger partial charge < -0.3 is 14.8 Å². The molecule has 0 aliphatic rings. The summed E-state index contributed by atoms with van der Waals surface area (Å²) in [7, 11) is 3.66. The number of carbonyl (C=O) groups excluding carboxylic acids is 1. The second-order valence-corrected chi connectivity index (χ2v) is 6.53. The molecule has 4 heteroatoms. The molecule has 0 saturated carbocycles. The van der Waals surface area contributed by atoms with Crippen LogP contribution in [0.15, 0.2) is 0 Å². The van der Waals surface area contributed by atoms with Gasteiger partial charge in [0.1, 0.15) is 5.60 Å². The van der Waals surface area contributed by atoms with E-state index in [0.29, 0.717) is 25.0 Å². The molecule has 0 unspecified atom stereocenters. The Morgan fingerprint density at radius 3 is 2.30 bits per heavy atom. The van der Waals surface area contributed by atoms with Crippen molar-refractivity contribution in [3.63, 3.8) is 0 Å². The topological polar surface area (TPSA) is 47.6 Å². The summed E-state index contributed by atoms with van der Waals surface area (Å²) in [5.74, 6) is 0.635. The quantitative estimate of drug-likeness (QED) is 0.662. The second-order valence-electron chi connectivity index (χ2n) is 6.53. The molecule has 0 aliphatic carbocycles. The van der Waals surface area contributed by atoms with Gasteiger partial charge in [0.15, 0.2) is 0 Å². The molecule has 0 aromatic rings. The van der Waals surface area contributed by atoms with E-state index in [0.717, 1.165) is 12.8 Å². The van der Waals surface area contributed by atoms with Crippen molar-refractivity contribution in [2.24, 2.45) is 11.8 Å². The molecular formula is C16H33NO3. The van der Waals surface area contributed by atoms with Crippen LogP contribution in [0.1, 0.15) is 53.9 Å². The predicted molar refractivity (Wildman–Crippen MR) is 82.7 cm³/mol. The van der Waals surface area contributed by atoms with Gasteiger partial charge in [-0.3, -0.25) is 4.79 Å². The van der Waals surface area contributed by atoms with Crippen molar-refractivity contribution < 1.29 is 14.3 Å². The maximum absolute atomic E-state index is 12.1. The largest absolute Gasteiger partial charge is 0.460 e. The van der Waals surface area contributed by atoms with E-state index in [2.05, 4.69) is 19.2 Å². The number of carbonyl (C=O) groups is 1. The van der Waals surface area contributed by atoms with Crippen molar-refractivity contribution in [1.29, 1.82) is 0 Å². The van der Waals surface area contributed by atoms with Gasteiger partial charge in [-0.05, 0) is 46.1 Å². The van der Waals surface area contributed by atoms with Gasteiger partial charge in [-0.25, -0.2) is 0 Å². The summed E-state index contributed by atoms with van der Waals surface area (Å²) in [6.45, 7) is 10.8. The number of rotatable bonds is 9. The van der Waals surface area contributed by atoms with Crippen LogP contribution in [-0.4, -0.2) is 38.4 Å². The summed E-state index contributed by atoms with van der Waals surface area (Å²) in [6.07, 6.45) is 2.39. The van der Waals surface area contributed by atoms with E-state index in [-0.39, 0.29) is 11.9 Å². The summed E-state index contributed by atoms with van der Waals surface area (Å²) < 4.78 is 10.6. The molecular weight excluding hydrogens is 254 g/mol. The van der Waals surface area contributed by atoms with Crippen LogP contribution in [0.4, 0.5) is 0 Å². The Morgan fingerprint density at radius 2 is 1.90 bits per heavy atom. The van der Waals surface area contributed by atoms with Gasteiger partial charge in [-0.1, -0.05) is 20.3 Å². The van der Waals surface area contributed by atoms with Crippen molar-refractivity contribution in [2.75, 3.05) is 20.8 Å². The number of nitrogens with one attached hydrogen (secondary N) is 1.